The summed E-state index contributed by atoms with van der Waals surface area (Å²) < 4.78 is 15.1. The fourth-order valence-electron chi connectivity index (χ4n) is 3.71. The molecule has 0 bridgehead atoms. The molecule has 168 valence electrons. The average Bonchev–Trinajstić information content (AvgIpc) is 3.28. The van der Waals surface area contributed by atoms with Crippen LogP contribution in [-0.4, -0.2) is 43.7 Å². The van der Waals surface area contributed by atoms with Crippen LogP contribution in [0.4, 0.5) is 0 Å². The van der Waals surface area contributed by atoms with E-state index < -0.39 is 23.8 Å². The van der Waals surface area contributed by atoms with Crippen molar-refractivity contribution < 1.29 is 28.6 Å². The highest BCUT2D eigenvalue weighted by Crippen LogP contribution is 2.43. The second-order valence-electron chi connectivity index (χ2n) is 6.96. The van der Waals surface area contributed by atoms with Crippen LogP contribution in [0.2, 0.25) is 0 Å². The Balaban J connectivity index is 2.22. The summed E-state index contributed by atoms with van der Waals surface area (Å²) in [7, 11) is 2.59. The molecule has 2 aromatic rings. The molecule has 0 radical (unpaired) electrons. The van der Waals surface area contributed by atoms with Gasteiger partial charge in [-0.3, -0.25) is 0 Å². The molecule has 0 fully saturated rings. The fraction of sp³-hybridized carbons (Fsp3) is 0.304. The maximum atomic E-state index is 12.8. The Morgan fingerprint density at radius 2 is 1.59 bits per heavy atom. The predicted molar refractivity (Wildman–Crippen MR) is 119 cm³/mol. The summed E-state index contributed by atoms with van der Waals surface area (Å²) in [5.41, 5.74) is 3.30. The van der Waals surface area contributed by atoms with Gasteiger partial charge in [0.2, 0.25) is 0 Å². The first-order chi connectivity index (χ1) is 15.3. The van der Waals surface area contributed by atoms with Gasteiger partial charge in [0, 0.05) is 22.3 Å². The summed E-state index contributed by atoms with van der Waals surface area (Å²) in [6, 6.07) is 7.30. The van der Waals surface area contributed by atoms with Crippen LogP contribution in [0.5, 0.6) is 0 Å². The Hall–Kier alpha value is -3.46. The monoisotopic (exact) mass is 456 g/mol. The van der Waals surface area contributed by atoms with Crippen LogP contribution in [0.15, 0.2) is 52.2 Å². The van der Waals surface area contributed by atoms with Gasteiger partial charge in [-0.15, -0.1) is 11.3 Å². The van der Waals surface area contributed by atoms with Gasteiger partial charge in [0.25, 0.3) is 0 Å². The van der Waals surface area contributed by atoms with Crippen LogP contribution >= 0.6 is 11.3 Å². The minimum atomic E-state index is -0.748. The number of nitrogens with one attached hydrogen (secondary N) is 1. The van der Waals surface area contributed by atoms with Crippen molar-refractivity contribution in [2.45, 2.75) is 26.7 Å². The molecule has 9 heteroatoms. The third kappa shape index (κ3) is 4.29. The first-order valence-corrected chi connectivity index (χ1v) is 10.8. The van der Waals surface area contributed by atoms with Crippen molar-refractivity contribution in [2.75, 3.05) is 20.8 Å². The zero-order valence-corrected chi connectivity index (χ0v) is 19.3. The lowest BCUT2D eigenvalue weighted by molar-refractivity contribution is -0.137. The minimum Gasteiger partial charge on any atom is -0.466 e. The highest BCUT2D eigenvalue weighted by molar-refractivity contribution is 7.13. The Kier molecular flexibility index (Phi) is 7.09. The van der Waals surface area contributed by atoms with Gasteiger partial charge >= 0.3 is 17.9 Å². The van der Waals surface area contributed by atoms with Gasteiger partial charge in [0.15, 0.2) is 5.69 Å². The molecule has 0 aliphatic carbocycles. The lowest BCUT2D eigenvalue weighted by atomic mass is 9.78. The normalized spacial score (nSPS) is 14.2. The molecule has 8 nitrogen and oxygen atoms in total. The second-order valence-corrected chi connectivity index (χ2v) is 7.82. The lowest BCUT2D eigenvalue weighted by Crippen LogP contribution is -2.32. The van der Waals surface area contributed by atoms with Crippen LogP contribution in [-0.2, 0) is 23.8 Å². The van der Waals surface area contributed by atoms with Gasteiger partial charge in [-0.25, -0.2) is 19.4 Å². The molecule has 1 aliphatic rings. The van der Waals surface area contributed by atoms with Crippen LogP contribution in [0.1, 0.15) is 42.7 Å². The highest BCUT2D eigenvalue weighted by atomic mass is 32.1. The molecule has 0 spiro atoms. The molecule has 1 N–H and O–H groups in total. The summed E-state index contributed by atoms with van der Waals surface area (Å²) in [5, 5.41) is 5.27. The first-order valence-electron chi connectivity index (χ1n) is 9.91. The quantitative estimate of drug-likeness (QED) is 0.520. The number of esters is 3. The second kappa shape index (κ2) is 9.78. The molecule has 32 heavy (non-hydrogen) atoms. The molecule has 1 aromatic heterocycles. The van der Waals surface area contributed by atoms with E-state index in [2.05, 4.69) is 10.3 Å². The van der Waals surface area contributed by atoms with E-state index in [1.807, 2.05) is 24.3 Å². The van der Waals surface area contributed by atoms with E-state index in [4.69, 9.17) is 14.2 Å². The predicted octanol–water partition coefficient (Wildman–Crippen LogP) is 3.57. The molecular formula is C23H24N2O6S. The van der Waals surface area contributed by atoms with Crippen LogP contribution < -0.4 is 5.32 Å². The summed E-state index contributed by atoms with van der Waals surface area (Å²) in [6.07, 6.45) is 0. The van der Waals surface area contributed by atoms with Gasteiger partial charge in [-0.2, -0.15) is 0 Å². The Labute approximate surface area is 189 Å². The summed E-state index contributed by atoms with van der Waals surface area (Å²) in [5.74, 6) is -2.38. The number of thiazole rings is 1. The molecule has 0 saturated heterocycles. The van der Waals surface area contributed by atoms with Crippen molar-refractivity contribution in [3.05, 3.63) is 63.4 Å². The van der Waals surface area contributed by atoms with Crippen LogP contribution in [0, 0.1) is 0 Å². The first kappa shape index (κ1) is 23.2. The number of ether oxygens (including phenoxy) is 3. The molecule has 0 saturated carbocycles. The van der Waals surface area contributed by atoms with Crippen molar-refractivity contribution >= 4 is 29.2 Å². The van der Waals surface area contributed by atoms with E-state index in [0.29, 0.717) is 38.7 Å². The lowest BCUT2D eigenvalue weighted by Gasteiger charge is -2.31. The van der Waals surface area contributed by atoms with E-state index in [9.17, 15) is 14.4 Å². The molecule has 0 amide bonds. The average molecular weight is 457 g/mol. The van der Waals surface area contributed by atoms with E-state index in [-0.39, 0.29) is 12.3 Å². The summed E-state index contributed by atoms with van der Waals surface area (Å²) >= 11 is 1.28. The van der Waals surface area contributed by atoms with Crippen molar-refractivity contribution in [1.29, 1.82) is 0 Å². The number of hydrogen-bond donors (Lipinski definition) is 1. The third-order valence-corrected chi connectivity index (χ3v) is 5.94. The third-order valence-electron chi connectivity index (χ3n) is 5.06. The molecular weight excluding hydrogens is 432 g/mol. The largest absolute Gasteiger partial charge is 0.466 e. The maximum absolute atomic E-state index is 12.8. The van der Waals surface area contributed by atoms with Crippen LogP contribution in [0.25, 0.3) is 10.6 Å². The van der Waals surface area contributed by atoms with Crippen molar-refractivity contribution in [1.82, 2.24) is 10.3 Å². The van der Waals surface area contributed by atoms with Gasteiger partial charge in [-0.1, -0.05) is 24.3 Å². The zero-order valence-electron chi connectivity index (χ0n) is 18.5. The number of hydrogen-bond acceptors (Lipinski definition) is 9. The molecule has 0 atom stereocenters. The Morgan fingerprint density at radius 1 is 1.00 bits per heavy atom. The molecule has 0 unspecified atom stereocenters. The topological polar surface area (TPSA) is 104 Å². The van der Waals surface area contributed by atoms with E-state index in [0.717, 1.165) is 0 Å². The number of rotatable bonds is 6. The number of methoxy groups -OCH3 is 2. The number of allylic oxidation sites excluding steroid dienone is 2. The standard InChI is InChI=1S/C23H24N2O6S/c1-6-31-21(26)16-11-32-20(25-16)15-10-8-7-9-14(15)19-17(22(27)29-4)12(2)24-13(3)18(19)23(28)30-5/h7-11,19,24H,6H2,1-5H3. The number of benzene rings is 1. The Morgan fingerprint density at radius 3 is 2.16 bits per heavy atom. The van der Waals surface area contributed by atoms with Crippen molar-refractivity contribution in [2.24, 2.45) is 0 Å². The van der Waals surface area contributed by atoms with Gasteiger partial charge in [0.1, 0.15) is 5.01 Å². The number of aromatic nitrogens is 1. The van der Waals surface area contributed by atoms with Gasteiger partial charge < -0.3 is 19.5 Å². The molecule has 2 heterocycles. The number of nitrogens with zero attached hydrogens (tertiary/aromatic N) is 1. The number of carbonyl (C=O) groups excluding carboxylic acids is 3. The zero-order chi connectivity index (χ0) is 23.4. The van der Waals surface area contributed by atoms with Crippen LogP contribution in [0.3, 0.4) is 0 Å². The summed E-state index contributed by atoms with van der Waals surface area (Å²) in [4.78, 5) is 42.1. The van der Waals surface area contributed by atoms with Crippen molar-refractivity contribution in [3.8, 4) is 10.6 Å². The fourth-order valence-corrected chi connectivity index (χ4v) is 4.54. The number of dihydropyridines is 1. The van der Waals surface area contributed by atoms with Crippen molar-refractivity contribution in [3.63, 3.8) is 0 Å². The van der Waals surface area contributed by atoms with E-state index in [1.165, 1.54) is 25.6 Å². The smallest absolute Gasteiger partial charge is 0.357 e. The van der Waals surface area contributed by atoms with Gasteiger partial charge in [-0.05, 0) is 26.3 Å². The molecule has 1 aromatic carbocycles. The summed E-state index contributed by atoms with van der Waals surface area (Å²) in [6.45, 7) is 5.48. The van der Waals surface area contributed by atoms with E-state index >= 15 is 0 Å². The maximum Gasteiger partial charge on any atom is 0.357 e. The van der Waals surface area contributed by atoms with Gasteiger partial charge in [0.05, 0.1) is 37.9 Å². The molecule has 1 aliphatic heterocycles. The van der Waals surface area contributed by atoms with E-state index in [1.54, 1.807) is 26.2 Å². The SMILES string of the molecule is CCOC(=O)c1csc(-c2ccccc2C2C(C(=O)OC)=C(C)NC(C)=C2C(=O)OC)n1. The highest BCUT2D eigenvalue weighted by Gasteiger charge is 2.39. The minimum absolute atomic E-state index is 0.201. The molecule has 3 rings (SSSR count). The Bertz CT molecular complexity index is 1090. The number of carbonyl (C=O) groups is 3.